The van der Waals surface area contributed by atoms with Crippen LogP contribution in [-0.4, -0.2) is 9.78 Å². The van der Waals surface area contributed by atoms with E-state index in [0.717, 1.165) is 10.9 Å². The van der Waals surface area contributed by atoms with Crippen molar-refractivity contribution in [1.82, 2.24) is 9.78 Å². The Labute approximate surface area is 86.1 Å². The van der Waals surface area contributed by atoms with Gasteiger partial charge in [0.25, 0.3) is 0 Å². The lowest BCUT2D eigenvalue weighted by Crippen LogP contribution is -2.20. The highest BCUT2D eigenvalue weighted by Crippen LogP contribution is 2.35. The molecule has 1 rings (SSSR count). The third kappa shape index (κ3) is 2.24. The molecule has 0 aliphatic rings. The van der Waals surface area contributed by atoms with Crippen molar-refractivity contribution in [3.05, 3.63) is 11.9 Å². The van der Waals surface area contributed by atoms with Crippen LogP contribution in [0.25, 0.3) is 0 Å². The zero-order valence-electron chi connectivity index (χ0n) is 8.67. The molecule has 0 fully saturated rings. The van der Waals surface area contributed by atoms with Gasteiger partial charge in [0, 0.05) is 0 Å². The summed E-state index contributed by atoms with van der Waals surface area (Å²) in [4.78, 5) is 0. The van der Waals surface area contributed by atoms with Crippen LogP contribution in [0.4, 0.5) is 18.9 Å². The minimum atomic E-state index is -4.44. The Kier molecular flexibility index (Phi) is 3.26. The van der Waals surface area contributed by atoms with Gasteiger partial charge in [0.15, 0.2) is 5.69 Å². The van der Waals surface area contributed by atoms with Gasteiger partial charge < -0.3 is 5.73 Å². The topological polar surface area (TPSA) is 43.8 Å². The molecule has 1 aromatic heterocycles. The molecule has 0 saturated carbocycles. The number of aromatic nitrogens is 2. The number of nitrogen functional groups attached to an aromatic ring is 1. The zero-order valence-corrected chi connectivity index (χ0v) is 8.67. The molecule has 0 aliphatic heterocycles. The first-order valence-corrected chi connectivity index (χ1v) is 4.82. The van der Waals surface area contributed by atoms with E-state index in [1.165, 1.54) is 0 Å². The molecule has 3 nitrogen and oxygen atoms in total. The first-order valence-electron chi connectivity index (χ1n) is 4.82. The van der Waals surface area contributed by atoms with Crippen LogP contribution in [0.3, 0.4) is 0 Å². The van der Waals surface area contributed by atoms with E-state index in [2.05, 4.69) is 5.10 Å². The molecule has 0 radical (unpaired) electrons. The molecule has 1 heterocycles. The minimum absolute atomic E-state index is 0.251. The number of hydrogen-bond acceptors (Lipinski definition) is 2. The number of hydrogen-bond donors (Lipinski definition) is 1. The van der Waals surface area contributed by atoms with Crippen molar-refractivity contribution in [2.24, 2.45) is 0 Å². The Hall–Kier alpha value is -1.20. The van der Waals surface area contributed by atoms with Gasteiger partial charge in [-0.15, -0.1) is 0 Å². The van der Waals surface area contributed by atoms with E-state index in [0.29, 0.717) is 12.8 Å². The van der Waals surface area contributed by atoms with E-state index >= 15 is 0 Å². The maximum Gasteiger partial charge on any atom is 0.435 e. The van der Waals surface area contributed by atoms with Crippen molar-refractivity contribution in [3.8, 4) is 0 Å². The van der Waals surface area contributed by atoms with Crippen molar-refractivity contribution in [3.63, 3.8) is 0 Å². The van der Waals surface area contributed by atoms with E-state index in [9.17, 15) is 13.2 Å². The Morgan fingerprint density at radius 3 is 2.33 bits per heavy atom. The second-order valence-corrected chi connectivity index (χ2v) is 3.36. The lowest BCUT2D eigenvalue weighted by Gasteiger charge is -2.18. The third-order valence-corrected chi connectivity index (χ3v) is 2.38. The molecule has 15 heavy (non-hydrogen) atoms. The van der Waals surface area contributed by atoms with E-state index in [-0.39, 0.29) is 11.7 Å². The molecule has 0 atom stereocenters. The van der Waals surface area contributed by atoms with Crippen molar-refractivity contribution < 1.29 is 13.2 Å². The lowest BCUT2D eigenvalue weighted by molar-refractivity contribution is -0.144. The molecule has 0 saturated heterocycles. The SMILES string of the molecule is CCC(CC)n1ncc(N)c1C(F)(F)F. The summed E-state index contributed by atoms with van der Waals surface area (Å²) in [5.74, 6) is 0. The molecular weight excluding hydrogens is 207 g/mol. The van der Waals surface area contributed by atoms with Crippen LogP contribution >= 0.6 is 0 Å². The van der Waals surface area contributed by atoms with Crippen LogP contribution in [0, 0.1) is 0 Å². The molecular formula is C9H14F3N3. The predicted octanol–water partition coefficient (Wildman–Crippen LogP) is 2.85. The molecule has 0 spiro atoms. The van der Waals surface area contributed by atoms with Gasteiger partial charge >= 0.3 is 6.18 Å². The van der Waals surface area contributed by atoms with Crippen molar-refractivity contribution in [2.75, 3.05) is 5.73 Å². The van der Waals surface area contributed by atoms with Gasteiger partial charge in [0.1, 0.15) is 0 Å². The first kappa shape index (κ1) is 11.9. The monoisotopic (exact) mass is 221 g/mol. The van der Waals surface area contributed by atoms with Gasteiger partial charge in [-0.05, 0) is 12.8 Å². The number of alkyl halides is 3. The summed E-state index contributed by atoms with van der Waals surface area (Å²) >= 11 is 0. The van der Waals surface area contributed by atoms with Gasteiger partial charge in [0.2, 0.25) is 0 Å². The summed E-state index contributed by atoms with van der Waals surface area (Å²) < 4.78 is 38.9. The minimum Gasteiger partial charge on any atom is -0.396 e. The number of rotatable bonds is 3. The molecule has 86 valence electrons. The largest absolute Gasteiger partial charge is 0.435 e. The Morgan fingerprint density at radius 2 is 1.93 bits per heavy atom. The number of anilines is 1. The van der Waals surface area contributed by atoms with Gasteiger partial charge in [0.05, 0.1) is 17.9 Å². The van der Waals surface area contributed by atoms with Crippen molar-refractivity contribution in [1.29, 1.82) is 0 Å². The Balaban J connectivity index is 3.19. The quantitative estimate of drug-likeness (QED) is 0.852. The van der Waals surface area contributed by atoms with Crippen LogP contribution in [0.2, 0.25) is 0 Å². The maximum atomic E-state index is 12.6. The molecule has 0 unspecified atom stereocenters. The van der Waals surface area contributed by atoms with Gasteiger partial charge in [-0.1, -0.05) is 13.8 Å². The van der Waals surface area contributed by atoms with Gasteiger partial charge in [-0.25, -0.2) is 0 Å². The highest BCUT2D eigenvalue weighted by molar-refractivity contribution is 5.42. The highest BCUT2D eigenvalue weighted by atomic mass is 19.4. The smallest absolute Gasteiger partial charge is 0.396 e. The fraction of sp³-hybridized carbons (Fsp3) is 0.667. The summed E-state index contributed by atoms with van der Waals surface area (Å²) in [5.41, 5.74) is 4.12. The molecule has 6 heteroatoms. The fourth-order valence-corrected chi connectivity index (χ4v) is 1.58. The van der Waals surface area contributed by atoms with Gasteiger partial charge in [-0.2, -0.15) is 18.3 Å². The second kappa shape index (κ2) is 4.12. The van der Waals surface area contributed by atoms with Crippen LogP contribution < -0.4 is 5.73 Å². The van der Waals surface area contributed by atoms with Crippen molar-refractivity contribution >= 4 is 5.69 Å². The van der Waals surface area contributed by atoms with Crippen molar-refractivity contribution in [2.45, 2.75) is 38.9 Å². The van der Waals surface area contributed by atoms with Crippen LogP contribution in [0.1, 0.15) is 38.4 Å². The first-order chi connectivity index (χ1) is 6.91. The van der Waals surface area contributed by atoms with Crippen LogP contribution in [0.5, 0.6) is 0 Å². The summed E-state index contributed by atoms with van der Waals surface area (Å²) in [7, 11) is 0. The fourth-order valence-electron chi connectivity index (χ4n) is 1.58. The van der Waals surface area contributed by atoms with Gasteiger partial charge in [-0.3, -0.25) is 4.68 Å². The molecule has 0 aliphatic carbocycles. The molecule has 0 aromatic carbocycles. The molecule has 0 bridgehead atoms. The molecule has 2 N–H and O–H groups in total. The van der Waals surface area contributed by atoms with Crippen LogP contribution in [-0.2, 0) is 6.18 Å². The summed E-state index contributed by atoms with van der Waals surface area (Å²) in [5, 5.41) is 3.70. The predicted molar refractivity (Wildman–Crippen MR) is 51.3 cm³/mol. The number of nitrogens with two attached hydrogens (primary N) is 1. The summed E-state index contributed by atoms with van der Waals surface area (Å²) in [6.45, 7) is 3.65. The Bertz CT molecular complexity index is 326. The highest BCUT2D eigenvalue weighted by Gasteiger charge is 2.38. The maximum absolute atomic E-state index is 12.6. The number of halogens is 3. The van der Waals surface area contributed by atoms with Crippen LogP contribution in [0.15, 0.2) is 6.20 Å². The number of nitrogens with zero attached hydrogens (tertiary/aromatic N) is 2. The molecule has 0 amide bonds. The average molecular weight is 221 g/mol. The molecule has 1 aromatic rings. The van der Waals surface area contributed by atoms with E-state index < -0.39 is 11.9 Å². The third-order valence-electron chi connectivity index (χ3n) is 2.38. The lowest BCUT2D eigenvalue weighted by atomic mass is 10.1. The second-order valence-electron chi connectivity index (χ2n) is 3.36. The van der Waals surface area contributed by atoms with E-state index in [4.69, 9.17) is 5.73 Å². The standard InChI is InChI=1S/C9H14F3N3/c1-3-6(4-2)15-8(9(10,11)12)7(13)5-14-15/h5-6H,3-4,13H2,1-2H3. The van der Waals surface area contributed by atoms with E-state index in [1.807, 2.05) is 13.8 Å². The summed E-state index contributed by atoms with van der Waals surface area (Å²) in [6.07, 6.45) is -2.19. The Morgan fingerprint density at radius 1 is 1.40 bits per heavy atom. The summed E-state index contributed by atoms with van der Waals surface area (Å²) in [6, 6.07) is -0.251. The normalized spacial score (nSPS) is 12.4. The van der Waals surface area contributed by atoms with E-state index in [1.54, 1.807) is 0 Å². The zero-order chi connectivity index (χ0) is 11.6. The average Bonchev–Trinajstić information content (AvgIpc) is 2.49.